The molecular formula is C7H18N2O. The molecule has 0 aromatic carbocycles. The van der Waals surface area contributed by atoms with Crippen LogP contribution in [-0.4, -0.2) is 24.9 Å². The van der Waals surface area contributed by atoms with E-state index in [1.165, 1.54) is 0 Å². The topological polar surface area (TPSA) is 58.3 Å². The summed E-state index contributed by atoms with van der Waals surface area (Å²) in [7, 11) is 1.89. The summed E-state index contributed by atoms with van der Waals surface area (Å²) in [5.74, 6) is 0. The van der Waals surface area contributed by atoms with Gasteiger partial charge in [-0.15, -0.1) is 0 Å². The van der Waals surface area contributed by atoms with Gasteiger partial charge in [0.15, 0.2) is 0 Å². The fraction of sp³-hybridized carbons (Fsp3) is 1.00. The monoisotopic (exact) mass is 146 g/mol. The molecule has 0 radical (unpaired) electrons. The van der Waals surface area contributed by atoms with Gasteiger partial charge in [-0.05, 0) is 18.9 Å². The molecule has 1 unspecified atom stereocenters. The summed E-state index contributed by atoms with van der Waals surface area (Å²) in [6, 6.07) is 0. The van der Waals surface area contributed by atoms with E-state index < -0.39 is 6.23 Å². The summed E-state index contributed by atoms with van der Waals surface area (Å²) in [4.78, 5) is 0. The van der Waals surface area contributed by atoms with Crippen molar-refractivity contribution in [2.45, 2.75) is 26.5 Å². The Balaban J connectivity index is 3.63. The third kappa shape index (κ3) is 4.73. The van der Waals surface area contributed by atoms with Gasteiger partial charge in [-0.3, -0.25) is 0 Å². The lowest BCUT2D eigenvalue weighted by atomic mass is 9.89. The molecule has 0 aliphatic heterocycles. The molecule has 0 aliphatic rings. The Kier molecular flexibility index (Phi) is 3.86. The molecule has 0 fully saturated rings. The van der Waals surface area contributed by atoms with E-state index >= 15 is 0 Å². The number of hydrogen-bond acceptors (Lipinski definition) is 3. The van der Waals surface area contributed by atoms with Crippen LogP contribution < -0.4 is 11.1 Å². The standard InChI is InChI=1S/C7H18N2O/c1-7(2,5-9-3)4-6(8)10/h6,9-10H,4-5,8H2,1-3H3. The van der Waals surface area contributed by atoms with Crippen LogP contribution in [0.1, 0.15) is 20.3 Å². The van der Waals surface area contributed by atoms with E-state index in [0.717, 1.165) is 6.54 Å². The lowest BCUT2D eigenvalue weighted by molar-refractivity contribution is 0.119. The summed E-state index contributed by atoms with van der Waals surface area (Å²) >= 11 is 0. The van der Waals surface area contributed by atoms with Crippen molar-refractivity contribution in [2.75, 3.05) is 13.6 Å². The first kappa shape index (κ1) is 9.88. The van der Waals surface area contributed by atoms with Crippen molar-refractivity contribution in [3.05, 3.63) is 0 Å². The Hall–Kier alpha value is -0.120. The second kappa shape index (κ2) is 3.91. The molecule has 0 amide bonds. The Bertz CT molecular complexity index is 91.6. The molecule has 3 heteroatoms. The molecule has 0 heterocycles. The number of nitrogens with one attached hydrogen (secondary N) is 1. The van der Waals surface area contributed by atoms with Crippen molar-refractivity contribution in [2.24, 2.45) is 11.1 Å². The minimum absolute atomic E-state index is 0.0862. The van der Waals surface area contributed by atoms with Gasteiger partial charge in [-0.2, -0.15) is 0 Å². The number of aliphatic hydroxyl groups is 1. The quantitative estimate of drug-likeness (QED) is 0.485. The van der Waals surface area contributed by atoms with E-state index in [1.807, 2.05) is 7.05 Å². The van der Waals surface area contributed by atoms with Crippen LogP contribution in [0.4, 0.5) is 0 Å². The van der Waals surface area contributed by atoms with Crippen molar-refractivity contribution >= 4 is 0 Å². The smallest absolute Gasteiger partial charge is 0.102 e. The summed E-state index contributed by atoms with van der Waals surface area (Å²) in [5.41, 5.74) is 5.32. The first-order valence-electron chi connectivity index (χ1n) is 3.56. The molecule has 0 spiro atoms. The maximum absolute atomic E-state index is 8.86. The van der Waals surface area contributed by atoms with Crippen LogP contribution in [0.15, 0.2) is 0 Å². The summed E-state index contributed by atoms with van der Waals surface area (Å²) in [5, 5.41) is 11.9. The molecular weight excluding hydrogens is 128 g/mol. The molecule has 4 N–H and O–H groups in total. The maximum atomic E-state index is 8.86. The first-order valence-corrected chi connectivity index (χ1v) is 3.56. The highest BCUT2D eigenvalue weighted by Gasteiger charge is 2.18. The van der Waals surface area contributed by atoms with Crippen molar-refractivity contribution in [1.82, 2.24) is 5.32 Å². The van der Waals surface area contributed by atoms with E-state index in [4.69, 9.17) is 10.8 Å². The van der Waals surface area contributed by atoms with Gasteiger partial charge in [0.2, 0.25) is 0 Å². The Morgan fingerprint density at radius 3 is 2.40 bits per heavy atom. The van der Waals surface area contributed by atoms with E-state index in [1.54, 1.807) is 0 Å². The number of nitrogens with two attached hydrogens (primary N) is 1. The number of hydrogen-bond donors (Lipinski definition) is 3. The lowest BCUT2D eigenvalue weighted by Gasteiger charge is -2.25. The van der Waals surface area contributed by atoms with Crippen molar-refractivity contribution in [1.29, 1.82) is 0 Å². The third-order valence-electron chi connectivity index (χ3n) is 1.42. The van der Waals surface area contributed by atoms with Crippen LogP contribution in [0.25, 0.3) is 0 Å². The average molecular weight is 146 g/mol. The van der Waals surface area contributed by atoms with Crippen LogP contribution >= 0.6 is 0 Å². The zero-order valence-corrected chi connectivity index (χ0v) is 7.02. The van der Waals surface area contributed by atoms with Gasteiger partial charge in [0.05, 0.1) is 0 Å². The number of aliphatic hydroxyl groups excluding tert-OH is 1. The Morgan fingerprint density at radius 1 is 1.60 bits per heavy atom. The minimum atomic E-state index is -0.691. The molecule has 0 aromatic heterocycles. The van der Waals surface area contributed by atoms with Gasteiger partial charge in [-0.25, -0.2) is 0 Å². The van der Waals surface area contributed by atoms with Gasteiger partial charge in [0.1, 0.15) is 6.23 Å². The molecule has 3 nitrogen and oxygen atoms in total. The maximum Gasteiger partial charge on any atom is 0.102 e. The lowest BCUT2D eigenvalue weighted by Crippen LogP contribution is -2.33. The van der Waals surface area contributed by atoms with Crippen LogP contribution in [0.5, 0.6) is 0 Å². The molecule has 0 aliphatic carbocycles. The Labute approximate surface area is 62.6 Å². The third-order valence-corrected chi connectivity index (χ3v) is 1.42. The Morgan fingerprint density at radius 2 is 2.10 bits per heavy atom. The predicted octanol–water partition coefficient (Wildman–Crippen LogP) is -0.101. The highest BCUT2D eigenvalue weighted by Crippen LogP contribution is 2.19. The van der Waals surface area contributed by atoms with Gasteiger partial charge < -0.3 is 16.2 Å². The highest BCUT2D eigenvalue weighted by molar-refractivity contribution is 4.72. The molecule has 62 valence electrons. The largest absolute Gasteiger partial charge is 0.379 e. The molecule has 0 bridgehead atoms. The fourth-order valence-electron chi connectivity index (χ4n) is 1.12. The predicted molar refractivity (Wildman–Crippen MR) is 42.5 cm³/mol. The van der Waals surface area contributed by atoms with Crippen molar-refractivity contribution in [3.63, 3.8) is 0 Å². The van der Waals surface area contributed by atoms with Crippen LogP contribution in [-0.2, 0) is 0 Å². The minimum Gasteiger partial charge on any atom is -0.379 e. The van der Waals surface area contributed by atoms with Gasteiger partial charge in [0, 0.05) is 6.54 Å². The zero-order valence-electron chi connectivity index (χ0n) is 7.02. The van der Waals surface area contributed by atoms with Gasteiger partial charge >= 0.3 is 0 Å². The van der Waals surface area contributed by atoms with E-state index in [-0.39, 0.29) is 5.41 Å². The number of rotatable bonds is 4. The summed E-state index contributed by atoms with van der Waals surface area (Å²) in [6.07, 6.45) is -0.0586. The van der Waals surface area contributed by atoms with Gasteiger partial charge in [0.25, 0.3) is 0 Å². The zero-order chi connectivity index (χ0) is 8.20. The fourth-order valence-corrected chi connectivity index (χ4v) is 1.12. The molecule has 1 atom stereocenters. The molecule has 0 saturated heterocycles. The molecule has 0 aromatic rings. The van der Waals surface area contributed by atoms with E-state index in [2.05, 4.69) is 19.2 Å². The average Bonchev–Trinajstić information content (AvgIpc) is 1.59. The normalized spacial score (nSPS) is 15.3. The first-order chi connectivity index (χ1) is 4.48. The molecule has 10 heavy (non-hydrogen) atoms. The van der Waals surface area contributed by atoms with E-state index in [0.29, 0.717) is 6.42 Å². The van der Waals surface area contributed by atoms with E-state index in [9.17, 15) is 0 Å². The van der Waals surface area contributed by atoms with Crippen LogP contribution in [0.3, 0.4) is 0 Å². The second-order valence-electron chi connectivity index (χ2n) is 3.47. The van der Waals surface area contributed by atoms with Crippen LogP contribution in [0, 0.1) is 5.41 Å². The van der Waals surface area contributed by atoms with Crippen molar-refractivity contribution in [3.8, 4) is 0 Å². The van der Waals surface area contributed by atoms with Crippen molar-refractivity contribution < 1.29 is 5.11 Å². The molecule has 0 saturated carbocycles. The molecule has 0 rings (SSSR count). The summed E-state index contributed by atoms with van der Waals surface area (Å²) < 4.78 is 0. The highest BCUT2D eigenvalue weighted by atomic mass is 16.3. The van der Waals surface area contributed by atoms with Crippen LogP contribution in [0.2, 0.25) is 0 Å². The summed E-state index contributed by atoms with van der Waals surface area (Å²) in [6.45, 7) is 5.01. The SMILES string of the molecule is CNCC(C)(C)CC(N)O. The van der Waals surface area contributed by atoms with Gasteiger partial charge in [-0.1, -0.05) is 13.8 Å². The second-order valence-corrected chi connectivity index (χ2v) is 3.47.